The summed E-state index contributed by atoms with van der Waals surface area (Å²) in [5.41, 5.74) is 0. The van der Waals surface area contributed by atoms with Gasteiger partial charge < -0.3 is 4.42 Å². The van der Waals surface area contributed by atoms with E-state index in [1.807, 2.05) is 0 Å². The van der Waals surface area contributed by atoms with Crippen LogP contribution in [0.15, 0.2) is 16.5 Å². The minimum atomic E-state index is -4.41. The lowest BCUT2D eigenvalue weighted by Crippen LogP contribution is -2.02. The van der Waals surface area contributed by atoms with Crippen molar-refractivity contribution >= 4 is 0 Å². The van der Waals surface area contributed by atoms with Gasteiger partial charge in [-0.1, -0.05) is 0 Å². The number of hydrogen-bond acceptors (Lipinski definition) is 1. The smallest absolute Gasteiger partial charge is 0.449 e. The standard InChI is InChI=1S/C9H7F3O/c1-2-3-4-7-5-6-8(13-7)9(10,11)12/h1,5-6H,3-4H2. The fourth-order valence-corrected chi connectivity index (χ4v) is 0.860. The van der Waals surface area contributed by atoms with Crippen molar-refractivity contribution in [3.05, 3.63) is 23.7 Å². The Balaban J connectivity index is 2.71. The van der Waals surface area contributed by atoms with Gasteiger partial charge in [0.1, 0.15) is 5.76 Å². The number of terminal acetylenes is 1. The molecule has 4 heteroatoms. The van der Waals surface area contributed by atoms with E-state index < -0.39 is 11.9 Å². The van der Waals surface area contributed by atoms with E-state index in [4.69, 9.17) is 6.42 Å². The fourth-order valence-electron chi connectivity index (χ4n) is 0.860. The lowest BCUT2D eigenvalue weighted by atomic mass is 10.2. The summed E-state index contributed by atoms with van der Waals surface area (Å²) in [6.45, 7) is 0. The van der Waals surface area contributed by atoms with Crippen LogP contribution in [0.2, 0.25) is 0 Å². The summed E-state index contributed by atoms with van der Waals surface area (Å²) in [6, 6.07) is 2.20. The molecule has 70 valence electrons. The van der Waals surface area contributed by atoms with Gasteiger partial charge in [-0.25, -0.2) is 0 Å². The Hall–Kier alpha value is -1.37. The van der Waals surface area contributed by atoms with Crippen LogP contribution >= 0.6 is 0 Å². The zero-order chi connectivity index (χ0) is 9.90. The number of rotatable bonds is 2. The molecule has 0 saturated carbocycles. The van der Waals surface area contributed by atoms with E-state index in [2.05, 4.69) is 10.3 Å². The maximum Gasteiger partial charge on any atom is 0.449 e. The van der Waals surface area contributed by atoms with Gasteiger partial charge in [0.05, 0.1) is 0 Å². The molecule has 1 rings (SSSR count). The Morgan fingerprint density at radius 1 is 1.38 bits per heavy atom. The first-order valence-corrected chi connectivity index (χ1v) is 3.63. The topological polar surface area (TPSA) is 13.1 Å². The fraction of sp³-hybridized carbons (Fsp3) is 0.333. The summed E-state index contributed by atoms with van der Waals surface area (Å²) >= 11 is 0. The largest absolute Gasteiger partial charge is 0.456 e. The average molecular weight is 188 g/mol. The third kappa shape index (κ3) is 2.55. The Labute approximate surface area is 73.5 Å². The first kappa shape index (κ1) is 9.72. The van der Waals surface area contributed by atoms with Crippen molar-refractivity contribution in [2.24, 2.45) is 0 Å². The van der Waals surface area contributed by atoms with Crippen LogP contribution in [0.1, 0.15) is 17.9 Å². The monoisotopic (exact) mass is 188 g/mol. The maximum atomic E-state index is 12.0. The van der Waals surface area contributed by atoms with Gasteiger partial charge in [-0.05, 0) is 12.1 Å². The van der Waals surface area contributed by atoms with Gasteiger partial charge in [-0.2, -0.15) is 13.2 Å². The molecule has 0 saturated heterocycles. The van der Waals surface area contributed by atoms with Crippen LogP contribution in [0.4, 0.5) is 13.2 Å². The molecular weight excluding hydrogens is 181 g/mol. The quantitative estimate of drug-likeness (QED) is 0.650. The Morgan fingerprint density at radius 2 is 2.08 bits per heavy atom. The van der Waals surface area contributed by atoms with Gasteiger partial charge in [-0.15, -0.1) is 12.3 Å². The predicted molar refractivity (Wildman–Crippen MR) is 40.9 cm³/mol. The van der Waals surface area contributed by atoms with Crippen LogP contribution in [0, 0.1) is 12.3 Å². The highest BCUT2D eigenvalue weighted by Gasteiger charge is 2.34. The molecule has 0 spiro atoms. The van der Waals surface area contributed by atoms with Crippen LogP contribution in [-0.2, 0) is 12.6 Å². The third-order valence-electron chi connectivity index (χ3n) is 1.46. The van der Waals surface area contributed by atoms with Crippen LogP contribution in [0.25, 0.3) is 0 Å². The molecule has 13 heavy (non-hydrogen) atoms. The molecule has 0 aliphatic heterocycles. The molecule has 1 aromatic rings. The van der Waals surface area contributed by atoms with E-state index in [-0.39, 0.29) is 5.76 Å². The van der Waals surface area contributed by atoms with E-state index >= 15 is 0 Å². The molecule has 0 radical (unpaired) electrons. The SMILES string of the molecule is C#CCCc1ccc(C(F)(F)F)o1. The van der Waals surface area contributed by atoms with Crippen LogP contribution < -0.4 is 0 Å². The molecule has 1 nitrogen and oxygen atoms in total. The normalized spacial score (nSPS) is 11.2. The second-order valence-corrected chi connectivity index (χ2v) is 2.47. The summed E-state index contributed by atoms with van der Waals surface area (Å²) in [7, 11) is 0. The Morgan fingerprint density at radius 3 is 2.54 bits per heavy atom. The highest BCUT2D eigenvalue weighted by atomic mass is 19.4. The Kier molecular flexibility index (Phi) is 2.66. The number of aryl methyl sites for hydroxylation is 1. The molecule has 1 heterocycles. The van der Waals surface area contributed by atoms with Crippen LogP contribution in [0.5, 0.6) is 0 Å². The van der Waals surface area contributed by atoms with E-state index in [9.17, 15) is 13.2 Å². The molecule has 0 fully saturated rings. The van der Waals surface area contributed by atoms with Gasteiger partial charge in [0.25, 0.3) is 0 Å². The second kappa shape index (κ2) is 3.56. The van der Waals surface area contributed by atoms with Crippen molar-refractivity contribution in [3.63, 3.8) is 0 Å². The number of halogens is 3. The van der Waals surface area contributed by atoms with Gasteiger partial charge >= 0.3 is 6.18 Å². The molecule has 0 aliphatic carbocycles. The highest BCUT2D eigenvalue weighted by Crippen LogP contribution is 2.30. The molecule has 0 aromatic carbocycles. The van der Waals surface area contributed by atoms with Gasteiger partial charge in [0.2, 0.25) is 5.76 Å². The van der Waals surface area contributed by atoms with Crippen molar-refractivity contribution in [2.75, 3.05) is 0 Å². The summed E-state index contributed by atoms with van der Waals surface area (Å²) < 4.78 is 40.5. The van der Waals surface area contributed by atoms with E-state index in [1.54, 1.807) is 0 Å². The van der Waals surface area contributed by atoms with Crippen molar-refractivity contribution in [3.8, 4) is 12.3 Å². The molecule has 1 aromatic heterocycles. The van der Waals surface area contributed by atoms with Crippen LogP contribution in [0.3, 0.4) is 0 Å². The summed E-state index contributed by atoms with van der Waals surface area (Å²) in [5.74, 6) is 1.62. The minimum absolute atomic E-state index is 0.269. The van der Waals surface area contributed by atoms with Crippen molar-refractivity contribution in [1.29, 1.82) is 0 Å². The predicted octanol–water partition coefficient (Wildman–Crippen LogP) is 2.86. The number of hydrogen-bond donors (Lipinski definition) is 0. The second-order valence-electron chi connectivity index (χ2n) is 2.47. The molecular formula is C9H7F3O. The van der Waals surface area contributed by atoms with E-state index in [0.29, 0.717) is 12.8 Å². The average Bonchev–Trinajstić information content (AvgIpc) is 2.47. The molecule has 0 atom stereocenters. The van der Waals surface area contributed by atoms with Crippen molar-refractivity contribution in [1.82, 2.24) is 0 Å². The van der Waals surface area contributed by atoms with E-state index in [1.165, 1.54) is 6.07 Å². The minimum Gasteiger partial charge on any atom is -0.456 e. The number of alkyl halides is 3. The highest BCUT2D eigenvalue weighted by molar-refractivity contribution is 5.10. The van der Waals surface area contributed by atoms with Gasteiger partial charge in [0.15, 0.2) is 0 Å². The molecule has 0 aliphatic rings. The zero-order valence-electron chi connectivity index (χ0n) is 6.69. The molecule has 0 amide bonds. The zero-order valence-corrected chi connectivity index (χ0v) is 6.69. The Bertz CT molecular complexity index is 316. The van der Waals surface area contributed by atoms with Crippen molar-refractivity contribution < 1.29 is 17.6 Å². The maximum absolute atomic E-state index is 12.0. The molecule has 0 N–H and O–H groups in total. The first-order chi connectivity index (χ1) is 6.04. The third-order valence-corrected chi connectivity index (χ3v) is 1.46. The lowest BCUT2D eigenvalue weighted by molar-refractivity contribution is -0.153. The lowest BCUT2D eigenvalue weighted by Gasteiger charge is -2.00. The summed E-state index contributed by atoms with van der Waals surface area (Å²) in [5, 5.41) is 0. The van der Waals surface area contributed by atoms with Gasteiger partial charge in [-0.3, -0.25) is 0 Å². The number of furan rings is 1. The van der Waals surface area contributed by atoms with E-state index in [0.717, 1.165) is 6.07 Å². The van der Waals surface area contributed by atoms with Gasteiger partial charge in [0, 0.05) is 12.8 Å². The van der Waals surface area contributed by atoms with Crippen LogP contribution in [-0.4, -0.2) is 0 Å². The summed E-state index contributed by atoms with van der Waals surface area (Å²) in [6.07, 6.45) is 1.27. The first-order valence-electron chi connectivity index (χ1n) is 3.63. The molecule has 0 bridgehead atoms. The molecule has 0 unspecified atom stereocenters. The van der Waals surface area contributed by atoms with Crippen molar-refractivity contribution in [2.45, 2.75) is 19.0 Å². The summed E-state index contributed by atoms with van der Waals surface area (Å²) in [4.78, 5) is 0.